The Morgan fingerprint density at radius 2 is 2.00 bits per heavy atom. The zero-order valence-electron chi connectivity index (χ0n) is 11.9. The molecular weight excluding hydrogens is 344 g/mol. The van der Waals surface area contributed by atoms with Crippen LogP contribution < -0.4 is 0 Å². The maximum Gasteiger partial charge on any atom is 0.205 e. The third kappa shape index (κ3) is 3.12. The molecule has 2 aromatic carbocycles. The highest BCUT2D eigenvalue weighted by atomic mass is 79.9. The first-order chi connectivity index (χ1) is 10.6. The van der Waals surface area contributed by atoms with Gasteiger partial charge in [0.15, 0.2) is 5.78 Å². The zero-order valence-corrected chi connectivity index (χ0v) is 13.5. The molecular formula is C16H13BrN4O. The van der Waals surface area contributed by atoms with E-state index >= 15 is 0 Å². The molecule has 3 aromatic rings. The largest absolute Gasteiger partial charge is 0.292 e. The second-order valence-electron chi connectivity index (χ2n) is 4.89. The lowest BCUT2D eigenvalue weighted by atomic mass is 10.1. The van der Waals surface area contributed by atoms with Crippen LogP contribution in [0.4, 0.5) is 0 Å². The van der Waals surface area contributed by atoms with Crippen molar-refractivity contribution in [3.05, 3.63) is 64.1 Å². The Hall–Kier alpha value is -2.34. The van der Waals surface area contributed by atoms with Crippen molar-refractivity contribution in [2.45, 2.75) is 13.5 Å². The third-order valence-corrected chi connectivity index (χ3v) is 3.76. The summed E-state index contributed by atoms with van der Waals surface area (Å²) in [4.78, 5) is 13.6. The number of hydrogen-bond acceptors (Lipinski definition) is 4. The lowest BCUT2D eigenvalue weighted by Gasteiger charge is -2.01. The Bertz CT molecular complexity index is 828. The maximum atomic E-state index is 12.2. The Morgan fingerprint density at radius 3 is 2.77 bits per heavy atom. The summed E-state index contributed by atoms with van der Waals surface area (Å²) in [7, 11) is 0. The van der Waals surface area contributed by atoms with Crippen molar-refractivity contribution in [3.63, 3.8) is 0 Å². The molecule has 22 heavy (non-hydrogen) atoms. The minimum absolute atomic E-state index is 0.0602. The number of tetrazole rings is 1. The van der Waals surface area contributed by atoms with E-state index in [-0.39, 0.29) is 12.3 Å². The van der Waals surface area contributed by atoms with Gasteiger partial charge in [0.25, 0.3) is 0 Å². The second kappa shape index (κ2) is 6.19. The molecule has 0 aliphatic heterocycles. The highest BCUT2D eigenvalue weighted by Gasteiger charge is 2.12. The summed E-state index contributed by atoms with van der Waals surface area (Å²) in [6.07, 6.45) is 0. The lowest BCUT2D eigenvalue weighted by Crippen LogP contribution is -2.13. The lowest BCUT2D eigenvalue weighted by molar-refractivity contribution is 0.0961. The molecule has 0 spiro atoms. The van der Waals surface area contributed by atoms with E-state index < -0.39 is 0 Å². The van der Waals surface area contributed by atoms with Crippen LogP contribution in [0.1, 0.15) is 15.9 Å². The summed E-state index contributed by atoms with van der Waals surface area (Å²) in [5.41, 5.74) is 2.60. The van der Waals surface area contributed by atoms with Gasteiger partial charge in [-0.1, -0.05) is 52.3 Å². The number of ketones is 1. The fraction of sp³-hybridized carbons (Fsp3) is 0.125. The molecule has 1 aromatic heterocycles. The highest BCUT2D eigenvalue weighted by molar-refractivity contribution is 9.10. The summed E-state index contributed by atoms with van der Waals surface area (Å²) in [5.74, 6) is 0.468. The fourth-order valence-corrected chi connectivity index (χ4v) is 2.52. The number of benzene rings is 2. The number of aryl methyl sites for hydroxylation is 1. The van der Waals surface area contributed by atoms with Gasteiger partial charge in [0, 0.05) is 15.6 Å². The molecule has 3 rings (SSSR count). The number of rotatable bonds is 4. The minimum atomic E-state index is -0.0602. The minimum Gasteiger partial charge on any atom is -0.292 e. The zero-order chi connectivity index (χ0) is 15.5. The van der Waals surface area contributed by atoms with Crippen LogP contribution in [0.5, 0.6) is 0 Å². The van der Waals surface area contributed by atoms with Gasteiger partial charge in [0.1, 0.15) is 6.54 Å². The molecule has 0 amide bonds. The molecule has 0 N–H and O–H groups in total. The predicted molar refractivity (Wildman–Crippen MR) is 86.5 cm³/mol. The van der Waals surface area contributed by atoms with Crippen molar-refractivity contribution in [2.75, 3.05) is 0 Å². The SMILES string of the molecule is Cc1ccccc1-c1nnn(CC(=O)c2cccc(Br)c2)n1. The number of carbonyl (C=O) groups is 1. The predicted octanol–water partition coefficient (Wildman–Crippen LogP) is 3.29. The van der Waals surface area contributed by atoms with E-state index in [9.17, 15) is 4.79 Å². The quantitative estimate of drug-likeness (QED) is 0.673. The number of hydrogen-bond donors (Lipinski definition) is 0. The van der Waals surface area contributed by atoms with Crippen LogP contribution in [0, 0.1) is 6.92 Å². The van der Waals surface area contributed by atoms with Gasteiger partial charge in [-0.15, -0.1) is 10.2 Å². The fourth-order valence-electron chi connectivity index (χ4n) is 2.12. The van der Waals surface area contributed by atoms with Crippen molar-refractivity contribution in [3.8, 4) is 11.4 Å². The van der Waals surface area contributed by atoms with Crippen molar-refractivity contribution in [1.82, 2.24) is 20.2 Å². The summed E-state index contributed by atoms with van der Waals surface area (Å²) in [6.45, 7) is 2.05. The summed E-state index contributed by atoms with van der Waals surface area (Å²) in [6, 6.07) is 15.1. The van der Waals surface area contributed by atoms with E-state index in [1.807, 2.05) is 43.3 Å². The standard InChI is InChI=1S/C16H13BrN4O/c1-11-5-2-3-8-14(11)16-18-20-21(19-16)10-15(22)12-6-4-7-13(17)9-12/h2-9H,10H2,1H3. The van der Waals surface area contributed by atoms with E-state index in [4.69, 9.17) is 0 Å². The Balaban J connectivity index is 1.80. The third-order valence-electron chi connectivity index (χ3n) is 3.27. The topological polar surface area (TPSA) is 60.7 Å². The molecule has 0 saturated carbocycles. The highest BCUT2D eigenvalue weighted by Crippen LogP contribution is 2.18. The maximum absolute atomic E-state index is 12.2. The van der Waals surface area contributed by atoms with Crippen molar-refractivity contribution >= 4 is 21.7 Å². The van der Waals surface area contributed by atoms with Crippen LogP contribution in [0.15, 0.2) is 53.0 Å². The van der Waals surface area contributed by atoms with Crippen LogP contribution in [0.25, 0.3) is 11.4 Å². The number of carbonyl (C=O) groups excluding carboxylic acids is 1. The molecule has 5 nitrogen and oxygen atoms in total. The molecule has 0 bridgehead atoms. The second-order valence-corrected chi connectivity index (χ2v) is 5.81. The van der Waals surface area contributed by atoms with E-state index in [1.165, 1.54) is 4.80 Å². The average molecular weight is 357 g/mol. The van der Waals surface area contributed by atoms with Crippen LogP contribution in [-0.4, -0.2) is 26.0 Å². The normalized spacial score (nSPS) is 10.6. The number of halogens is 1. The van der Waals surface area contributed by atoms with Gasteiger partial charge in [-0.25, -0.2) is 0 Å². The van der Waals surface area contributed by atoms with Gasteiger partial charge in [0.2, 0.25) is 5.82 Å². The van der Waals surface area contributed by atoms with Gasteiger partial charge in [-0.05, 0) is 29.8 Å². The van der Waals surface area contributed by atoms with Gasteiger partial charge >= 0.3 is 0 Å². The molecule has 110 valence electrons. The van der Waals surface area contributed by atoms with Gasteiger partial charge in [0.05, 0.1) is 0 Å². The molecule has 0 aliphatic rings. The Morgan fingerprint density at radius 1 is 1.18 bits per heavy atom. The molecule has 0 radical (unpaired) electrons. The average Bonchev–Trinajstić information content (AvgIpc) is 2.96. The first kappa shape index (κ1) is 14.6. The first-order valence-corrected chi connectivity index (χ1v) is 7.55. The molecule has 0 fully saturated rings. The smallest absolute Gasteiger partial charge is 0.205 e. The number of nitrogens with zero attached hydrogens (tertiary/aromatic N) is 4. The van der Waals surface area contributed by atoms with Crippen LogP contribution in [0.3, 0.4) is 0 Å². The van der Waals surface area contributed by atoms with Crippen LogP contribution >= 0.6 is 15.9 Å². The summed E-state index contributed by atoms with van der Waals surface area (Å²) < 4.78 is 0.866. The van der Waals surface area contributed by atoms with E-state index in [0.29, 0.717) is 11.4 Å². The van der Waals surface area contributed by atoms with Gasteiger partial charge in [-0.3, -0.25) is 4.79 Å². The molecule has 0 aliphatic carbocycles. The van der Waals surface area contributed by atoms with E-state index in [2.05, 4.69) is 31.3 Å². The number of aromatic nitrogens is 4. The molecule has 1 heterocycles. The van der Waals surface area contributed by atoms with Crippen LogP contribution in [-0.2, 0) is 6.54 Å². The Labute approximate surface area is 136 Å². The number of Topliss-reactive ketones (excluding diaryl/α,β-unsaturated/α-hetero) is 1. The van der Waals surface area contributed by atoms with Gasteiger partial charge in [-0.2, -0.15) is 4.80 Å². The molecule has 6 heteroatoms. The van der Waals surface area contributed by atoms with E-state index in [1.54, 1.807) is 12.1 Å². The molecule has 0 saturated heterocycles. The first-order valence-electron chi connectivity index (χ1n) is 6.76. The monoisotopic (exact) mass is 356 g/mol. The van der Waals surface area contributed by atoms with Crippen molar-refractivity contribution < 1.29 is 4.79 Å². The van der Waals surface area contributed by atoms with Crippen molar-refractivity contribution in [2.24, 2.45) is 0 Å². The van der Waals surface area contributed by atoms with Crippen LogP contribution in [0.2, 0.25) is 0 Å². The molecule has 0 unspecified atom stereocenters. The summed E-state index contributed by atoms with van der Waals surface area (Å²) >= 11 is 3.36. The van der Waals surface area contributed by atoms with Gasteiger partial charge < -0.3 is 0 Å². The Kier molecular flexibility index (Phi) is 4.11. The van der Waals surface area contributed by atoms with E-state index in [0.717, 1.165) is 15.6 Å². The molecule has 0 atom stereocenters. The van der Waals surface area contributed by atoms with Crippen molar-refractivity contribution in [1.29, 1.82) is 0 Å². The summed E-state index contributed by atoms with van der Waals surface area (Å²) in [5, 5.41) is 12.3.